The first-order chi connectivity index (χ1) is 12.1. The molecule has 1 N–H and O–H groups in total. The summed E-state index contributed by atoms with van der Waals surface area (Å²) in [6, 6.07) is 0. The number of aliphatic imine (C=N–C) groups is 1. The maximum Gasteiger partial charge on any atom is 0.250 e. The third-order valence-corrected chi connectivity index (χ3v) is 4.96. The second-order valence-corrected chi connectivity index (χ2v) is 7.97. The lowest BCUT2D eigenvalue weighted by atomic mass is 9.76. The fourth-order valence-electron chi connectivity index (χ4n) is 3.38. The van der Waals surface area contributed by atoms with Gasteiger partial charge < -0.3 is 5.11 Å². The Labute approximate surface area is 156 Å². The predicted octanol–water partition coefficient (Wildman–Crippen LogP) is 4.78. The van der Waals surface area contributed by atoms with Gasteiger partial charge in [0.2, 0.25) is 6.41 Å². The van der Waals surface area contributed by atoms with Crippen LogP contribution in [-0.4, -0.2) is 40.7 Å². The minimum Gasteiger partial charge on any atom is -0.390 e. The topological polar surface area (TPSA) is 52.9 Å². The number of hydrogen-bond acceptors (Lipinski definition) is 3. The highest BCUT2D eigenvalue weighted by molar-refractivity contribution is 5.61. The Kier molecular flexibility index (Phi) is 8.87. The van der Waals surface area contributed by atoms with Crippen molar-refractivity contribution in [2.45, 2.75) is 84.2 Å². The number of alkyl halides is 2. The third kappa shape index (κ3) is 7.52. The minimum absolute atomic E-state index is 0.0566. The first kappa shape index (κ1) is 22.7. The first-order valence-corrected chi connectivity index (χ1v) is 9.64. The maximum absolute atomic E-state index is 14.1. The zero-order valence-corrected chi connectivity index (χ0v) is 16.5. The number of carbonyl (C=O) groups is 1. The molecule has 0 unspecified atom stereocenters. The van der Waals surface area contributed by atoms with Crippen LogP contribution < -0.4 is 0 Å². The van der Waals surface area contributed by atoms with Gasteiger partial charge in [0.05, 0.1) is 5.60 Å². The van der Waals surface area contributed by atoms with Gasteiger partial charge in [0.15, 0.2) is 0 Å². The van der Waals surface area contributed by atoms with Crippen LogP contribution in [0.3, 0.4) is 0 Å². The number of nitrogens with zero attached hydrogens (tertiary/aromatic N) is 2. The van der Waals surface area contributed by atoms with Crippen LogP contribution in [0.5, 0.6) is 0 Å². The molecule has 6 heteroatoms. The van der Waals surface area contributed by atoms with E-state index in [1.807, 2.05) is 6.92 Å². The molecule has 4 nitrogen and oxygen atoms in total. The number of aliphatic hydroxyl groups is 1. The SMILES string of the molecule is C/C=C(\N=C/CC(C)(C)O)N(C=O)C[C@@H]1CCC(F)(F)[C@H](CCCC)C1. The highest BCUT2D eigenvalue weighted by Gasteiger charge is 2.44. The van der Waals surface area contributed by atoms with Crippen molar-refractivity contribution in [3.8, 4) is 0 Å². The maximum atomic E-state index is 14.1. The van der Waals surface area contributed by atoms with Gasteiger partial charge in [-0.3, -0.25) is 9.69 Å². The first-order valence-electron chi connectivity index (χ1n) is 9.64. The van der Waals surface area contributed by atoms with Crippen molar-refractivity contribution in [2.24, 2.45) is 16.8 Å². The van der Waals surface area contributed by atoms with Crippen molar-refractivity contribution in [1.82, 2.24) is 4.90 Å². The zero-order valence-electron chi connectivity index (χ0n) is 16.5. The van der Waals surface area contributed by atoms with Crippen molar-refractivity contribution in [3.63, 3.8) is 0 Å². The van der Waals surface area contributed by atoms with E-state index < -0.39 is 17.4 Å². The largest absolute Gasteiger partial charge is 0.390 e. The van der Waals surface area contributed by atoms with Crippen LogP contribution in [0, 0.1) is 11.8 Å². The second kappa shape index (κ2) is 10.1. The molecule has 0 aliphatic heterocycles. The molecular weight excluding hydrogens is 338 g/mol. The Bertz CT molecular complexity index is 499. The van der Waals surface area contributed by atoms with E-state index in [4.69, 9.17) is 0 Å². The Balaban J connectivity index is 2.72. The summed E-state index contributed by atoms with van der Waals surface area (Å²) in [7, 11) is 0. The molecule has 1 aliphatic carbocycles. The van der Waals surface area contributed by atoms with Crippen LogP contribution >= 0.6 is 0 Å². The number of unbranched alkanes of at least 4 members (excludes halogenated alkanes) is 1. The van der Waals surface area contributed by atoms with Crippen LogP contribution in [0.25, 0.3) is 0 Å². The highest BCUT2D eigenvalue weighted by Crippen LogP contribution is 2.43. The van der Waals surface area contributed by atoms with E-state index in [9.17, 15) is 18.7 Å². The summed E-state index contributed by atoms with van der Waals surface area (Å²) in [5, 5.41) is 9.74. The van der Waals surface area contributed by atoms with Crippen LogP contribution in [0.4, 0.5) is 8.78 Å². The Morgan fingerprint density at radius 3 is 2.65 bits per heavy atom. The lowest BCUT2D eigenvalue weighted by molar-refractivity contribution is -0.119. The van der Waals surface area contributed by atoms with Crippen molar-refractivity contribution < 1.29 is 18.7 Å². The Morgan fingerprint density at radius 1 is 1.42 bits per heavy atom. The number of carbonyl (C=O) groups excluding carboxylic acids is 1. The number of allylic oxidation sites excluding steroid dienone is 1. The second-order valence-electron chi connectivity index (χ2n) is 7.97. The van der Waals surface area contributed by atoms with Gasteiger partial charge in [0.1, 0.15) is 5.82 Å². The molecule has 26 heavy (non-hydrogen) atoms. The molecule has 0 radical (unpaired) electrons. The molecule has 0 aromatic rings. The average Bonchev–Trinajstić information content (AvgIpc) is 2.56. The molecule has 0 aromatic carbocycles. The van der Waals surface area contributed by atoms with E-state index in [0.717, 1.165) is 12.8 Å². The summed E-state index contributed by atoms with van der Waals surface area (Å²) >= 11 is 0. The molecule has 1 saturated carbocycles. The molecule has 1 rings (SSSR count). The van der Waals surface area contributed by atoms with Gasteiger partial charge >= 0.3 is 0 Å². The number of hydrogen-bond donors (Lipinski definition) is 1. The van der Waals surface area contributed by atoms with Crippen molar-refractivity contribution >= 4 is 12.6 Å². The van der Waals surface area contributed by atoms with E-state index in [-0.39, 0.29) is 12.3 Å². The molecule has 1 fully saturated rings. The Morgan fingerprint density at radius 2 is 2.12 bits per heavy atom. The molecule has 0 aromatic heterocycles. The molecule has 1 amide bonds. The quantitative estimate of drug-likeness (QED) is 0.443. The van der Waals surface area contributed by atoms with Crippen LogP contribution in [-0.2, 0) is 4.79 Å². The van der Waals surface area contributed by atoms with Crippen molar-refractivity contribution in [3.05, 3.63) is 11.9 Å². The van der Waals surface area contributed by atoms with E-state index in [1.165, 1.54) is 4.90 Å². The lowest BCUT2D eigenvalue weighted by Gasteiger charge is -2.37. The zero-order chi connectivity index (χ0) is 19.8. The number of amides is 1. The summed E-state index contributed by atoms with van der Waals surface area (Å²) in [6.45, 7) is 7.57. The fraction of sp³-hybridized carbons (Fsp3) is 0.800. The van der Waals surface area contributed by atoms with E-state index in [1.54, 1.807) is 33.1 Å². The molecular formula is C20H34F2N2O2. The normalized spacial score (nSPS) is 24.0. The summed E-state index contributed by atoms with van der Waals surface area (Å²) in [6.07, 6.45) is 7.42. The Hall–Kier alpha value is -1.30. The van der Waals surface area contributed by atoms with Gasteiger partial charge in [0.25, 0.3) is 5.92 Å². The van der Waals surface area contributed by atoms with E-state index in [0.29, 0.717) is 44.5 Å². The molecule has 0 spiro atoms. The van der Waals surface area contributed by atoms with Gasteiger partial charge in [-0.05, 0) is 52.0 Å². The van der Waals surface area contributed by atoms with Gasteiger partial charge in [-0.2, -0.15) is 0 Å². The molecule has 0 heterocycles. The van der Waals surface area contributed by atoms with E-state index in [2.05, 4.69) is 4.99 Å². The molecule has 0 saturated heterocycles. The molecule has 2 atom stereocenters. The highest BCUT2D eigenvalue weighted by atomic mass is 19.3. The van der Waals surface area contributed by atoms with Gasteiger partial charge in [-0.25, -0.2) is 13.8 Å². The van der Waals surface area contributed by atoms with E-state index >= 15 is 0 Å². The molecule has 150 valence electrons. The lowest BCUT2D eigenvalue weighted by Crippen LogP contribution is -2.39. The minimum atomic E-state index is -2.59. The van der Waals surface area contributed by atoms with Crippen molar-refractivity contribution in [2.75, 3.05) is 6.54 Å². The molecule has 0 bridgehead atoms. The van der Waals surface area contributed by atoms with Crippen LogP contribution in [0.2, 0.25) is 0 Å². The summed E-state index contributed by atoms with van der Waals surface area (Å²) < 4.78 is 28.3. The third-order valence-electron chi connectivity index (χ3n) is 4.96. The smallest absolute Gasteiger partial charge is 0.250 e. The van der Waals surface area contributed by atoms with Crippen molar-refractivity contribution in [1.29, 1.82) is 0 Å². The van der Waals surface area contributed by atoms with Crippen LogP contribution in [0.1, 0.15) is 72.6 Å². The monoisotopic (exact) mass is 372 g/mol. The predicted molar refractivity (Wildman–Crippen MR) is 101 cm³/mol. The molecule has 1 aliphatic rings. The van der Waals surface area contributed by atoms with Gasteiger partial charge in [0, 0.05) is 31.5 Å². The summed E-state index contributed by atoms with van der Waals surface area (Å²) in [5.74, 6) is -2.64. The number of halogens is 2. The van der Waals surface area contributed by atoms with Gasteiger partial charge in [-0.15, -0.1) is 0 Å². The van der Waals surface area contributed by atoms with Crippen LogP contribution in [0.15, 0.2) is 16.9 Å². The summed E-state index contributed by atoms with van der Waals surface area (Å²) in [5.41, 5.74) is -0.865. The summed E-state index contributed by atoms with van der Waals surface area (Å²) in [4.78, 5) is 17.3. The fourth-order valence-corrected chi connectivity index (χ4v) is 3.38. The van der Waals surface area contributed by atoms with Gasteiger partial charge in [-0.1, -0.05) is 19.8 Å². The standard InChI is InChI=1S/C20H34F2N2O2/c1-5-7-8-17-13-16(9-10-20(17,21)22)14-24(15-25)18(6-2)23-12-11-19(3,4)26/h6,12,15-17,26H,5,7-11,13-14H2,1-4H3/b18-6+,23-12-/t16-,17-/m1/s1. The average molecular weight is 373 g/mol. The number of rotatable bonds is 10.